The molecule has 3 N–H and O–H groups in total. The standard InChI is InChI=1S/C8H15F3N2O/c1-6(2-3-12)5-13-7(14)4-8(9,10)11/h6H,2-5,12H2,1H3,(H,13,14). The van der Waals surface area contributed by atoms with Crippen molar-refractivity contribution in [3.63, 3.8) is 0 Å². The molecule has 6 heteroatoms. The van der Waals surface area contributed by atoms with Crippen molar-refractivity contribution in [2.45, 2.75) is 25.9 Å². The van der Waals surface area contributed by atoms with E-state index in [4.69, 9.17) is 5.73 Å². The third-order valence-corrected chi connectivity index (χ3v) is 1.67. The lowest BCUT2D eigenvalue weighted by molar-refractivity contribution is -0.153. The highest BCUT2D eigenvalue weighted by atomic mass is 19.4. The first kappa shape index (κ1) is 13.2. The van der Waals surface area contributed by atoms with Crippen LogP contribution in [0.25, 0.3) is 0 Å². The third kappa shape index (κ3) is 7.85. The van der Waals surface area contributed by atoms with E-state index in [-0.39, 0.29) is 12.5 Å². The van der Waals surface area contributed by atoms with Crippen molar-refractivity contribution in [1.29, 1.82) is 0 Å². The van der Waals surface area contributed by atoms with Crippen LogP contribution in [0, 0.1) is 5.92 Å². The van der Waals surface area contributed by atoms with Crippen LogP contribution >= 0.6 is 0 Å². The first-order chi connectivity index (χ1) is 6.35. The highest BCUT2D eigenvalue weighted by Gasteiger charge is 2.30. The molecule has 84 valence electrons. The second kappa shape index (κ2) is 5.85. The smallest absolute Gasteiger partial charge is 0.356 e. The molecule has 0 rings (SSSR count). The average Bonchev–Trinajstić information content (AvgIpc) is 1.98. The minimum Gasteiger partial charge on any atom is -0.356 e. The Morgan fingerprint density at radius 2 is 2.07 bits per heavy atom. The Bertz CT molecular complexity index is 182. The molecule has 0 heterocycles. The van der Waals surface area contributed by atoms with Gasteiger partial charge in [0.2, 0.25) is 5.91 Å². The van der Waals surface area contributed by atoms with Gasteiger partial charge in [-0.2, -0.15) is 13.2 Å². The van der Waals surface area contributed by atoms with Gasteiger partial charge in [0, 0.05) is 6.54 Å². The number of hydrogen-bond acceptors (Lipinski definition) is 2. The Morgan fingerprint density at radius 1 is 1.50 bits per heavy atom. The minimum absolute atomic E-state index is 0.109. The fraction of sp³-hybridized carbons (Fsp3) is 0.875. The van der Waals surface area contributed by atoms with Gasteiger partial charge in [-0.3, -0.25) is 4.79 Å². The predicted octanol–water partition coefficient (Wildman–Crippen LogP) is 1.04. The topological polar surface area (TPSA) is 55.1 Å². The highest BCUT2D eigenvalue weighted by molar-refractivity contribution is 5.76. The van der Waals surface area contributed by atoms with Gasteiger partial charge in [-0.1, -0.05) is 6.92 Å². The molecule has 14 heavy (non-hydrogen) atoms. The summed E-state index contributed by atoms with van der Waals surface area (Å²) in [5.74, 6) is -0.876. The lowest BCUT2D eigenvalue weighted by Crippen LogP contribution is -2.32. The fourth-order valence-electron chi connectivity index (χ4n) is 0.919. The lowest BCUT2D eigenvalue weighted by atomic mass is 10.1. The third-order valence-electron chi connectivity index (χ3n) is 1.67. The Morgan fingerprint density at radius 3 is 2.50 bits per heavy atom. The van der Waals surface area contributed by atoms with E-state index in [0.29, 0.717) is 13.0 Å². The second-order valence-electron chi connectivity index (χ2n) is 3.28. The number of halogens is 3. The SMILES string of the molecule is CC(CCN)CNC(=O)CC(F)(F)F. The summed E-state index contributed by atoms with van der Waals surface area (Å²) < 4.78 is 35.1. The van der Waals surface area contributed by atoms with Gasteiger partial charge < -0.3 is 11.1 Å². The summed E-state index contributed by atoms with van der Waals surface area (Å²) in [5.41, 5.74) is 5.24. The molecule has 0 aromatic rings. The van der Waals surface area contributed by atoms with Gasteiger partial charge in [0.05, 0.1) is 0 Å². The Balaban J connectivity index is 3.64. The number of amides is 1. The van der Waals surface area contributed by atoms with Crippen molar-refractivity contribution in [3.8, 4) is 0 Å². The van der Waals surface area contributed by atoms with Gasteiger partial charge in [-0.15, -0.1) is 0 Å². The van der Waals surface area contributed by atoms with E-state index in [2.05, 4.69) is 5.32 Å². The van der Waals surface area contributed by atoms with Crippen molar-refractivity contribution in [2.75, 3.05) is 13.1 Å². The van der Waals surface area contributed by atoms with Crippen LogP contribution in [-0.2, 0) is 4.79 Å². The van der Waals surface area contributed by atoms with Gasteiger partial charge in [0.25, 0.3) is 0 Å². The molecule has 0 saturated heterocycles. The van der Waals surface area contributed by atoms with Gasteiger partial charge in [0.15, 0.2) is 0 Å². The molecule has 0 fully saturated rings. The summed E-state index contributed by atoms with van der Waals surface area (Å²) in [4.78, 5) is 10.7. The maximum Gasteiger partial charge on any atom is 0.397 e. The summed E-state index contributed by atoms with van der Waals surface area (Å²) in [5, 5.41) is 2.21. The number of nitrogens with two attached hydrogens (primary N) is 1. The van der Waals surface area contributed by atoms with Crippen molar-refractivity contribution in [2.24, 2.45) is 11.7 Å². The molecule has 0 aliphatic heterocycles. The number of carbonyl (C=O) groups excluding carboxylic acids is 1. The minimum atomic E-state index is -4.43. The van der Waals surface area contributed by atoms with Crippen molar-refractivity contribution in [1.82, 2.24) is 5.32 Å². The Hall–Kier alpha value is -0.780. The van der Waals surface area contributed by atoms with E-state index in [1.165, 1.54) is 0 Å². The molecule has 0 bridgehead atoms. The summed E-state index contributed by atoms with van der Waals surface area (Å²) >= 11 is 0. The van der Waals surface area contributed by atoms with Crippen molar-refractivity contribution < 1.29 is 18.0 Å². The largest absolute Gasteiger partial charge is 0.397 e. The molecule has 0 radical (unpaired) electrons. The molecule has 0 aromatic heterocycles. The first-order valence-corrected chi connectivity index (χ1v) is 4.38. The van der Waals surface area contributed by atoms with Crippen LogP contribution in [-0.4, -0.2) is 25.2 Å². The van der Waals surface area contributed by atoms with Crippen LogP contribution in [0.2, 0.25) is 0 Å². The molecular weight excluding hydrogens is 197 g/mol. The van der Waals surface area contributed by atoms with Gasteiger partial charge in [0.1, 0.15) is 6.42 Å². The maximum absolute atomic E-state index is 11.7. The molecule has 1 atom stereocenters. The molecule has 0 aliphatic carbocycles. The Kier molecular flexibility index (Phi) is 5.52. The van der Waals surface area contributed by atoms with Crippen LogP contribution in [0.5, 0.6) is 0 Å². The first-order valence-electron chi connectivity index (χ1n) is 4.38. The van der Waals surface area contributed by atoms with Crippen LogP contribution < -0.4 is 11.1 Å². The molecule has 1 amide bonds. The zero-order chi connectivity index (χ0) is 11.2. The van der Waals surface area contributed by atoms with Crippen LogP contribution in [0.4, 0.5) is 13.2 Å². The average molecular weight is 212 g/mol. The molecule has 3 nitrogen and oxygen atoms in total. The molecule has 0 saturated carbocycles. The van der Waals surface area contributed by atoms with Gasteiger partial charge >= 0.3 is 6.18 Å². The molecule has 1 unspecified atom stereocenters. The fourth-order valence-corrected chi connectivity index (χ4v) is 0.919. The number of alkyl halides is 3. The normalized spacial score (nSPS) is 13.8. The number of rotatable bonds is 5. The maximum atomic E-state index is 11.7. The summed E-state index contributed by atoms with van der Waals surface area (Å²) in [6, 6.07) is 0. The predicted molar refractivity (Wildman–Crippen MR) is 46.5 cm³/mol. The second-order valence-corrected chi connectivity index (χ2v) is 3.28. The number of carbonyl (C=O) groups is 1. The van der Waals surface area contributed by atoms with Crippen LogP contribution in [0.3, 0.4) is 0 Å². The number of hydrogen-bond donors (Lipinski definition) is 2. The van der Waals surface area contributed by atoms with E-state index in [0.717, 1.165) is 0 Å². The zero-order valence-corrected chi connectivity index (χ0v) is 8.03. The lowest BCUT2D eigenvalue weighted by Gasteiger charge is -2.12. The molecular formula is C8H15F3N2O. The van der Waals surface area contributed by atoms with E-state index in [1.54, 1.807) is 0 Å². The van der Waals surface area contributed by atoms with E-state index >= 15 is 0 Å². The van der Waals surface area contributed by atoms with Crippen LogP contribution in [0.15, 0.2) is 0 Å². The Labute approximate surface area is 80.8 Å². The monoisotopic (exact) mass is 212 g/mol. The molecule has 0 aliphatic rings. The number of nitrogens with one attached hydrogen (secondary N) is 1. The highest BCUT2D eigenvalue weighted by Crippen LogP contribution is 2.18. The van der Waals surface area contributed by atoms with Crippen molar-refractivity contribution in [3.05, 3.63) is 0 Å². The zero-order valence-electron chi connectivity index (χ0n) is 8.03. The summed E-state index contributed by atoms with van der Waals surface area (Å²) in [6.07, 6.45) is -5.16. The quantitative estimate of drug-likeness (QED) is 0.715. The van der Waals surface area contributed by atoms with Gasteiger partial charge in [-0.25, -0.2) is 0 Å². The summed E-state index contributed by atoms with van der Waals surface area (Å²) in [7, 11) is 0. The van der Waals surface area contributed by atoms with Crippen LogP contribution in [0.1, 0.15) is 19.8 Å². The summed E-state index contributed by atoms with van der Waals surface area (Å²) in [6.45, 7) is 2.53. The molecule has 0 spiro atoms. The van der Waals surface area contributed by atoms with Gasteiger partial charge in [-0.05, 0) is 18.9 Å². The van der Waals surface area contributed by atoms with E-state index in [9.17, 15) is 18.0 Å². The van der Waals surface area contributed by atoms with Crippen molar-refractivity contribution >= 4 is 5.91 Å². The van der Waals surface area contributed by atoms with E-state index < -0.39 is 18.5 Å². The molecule has 0 aromatic carbocycles. The van der Waals surface area contributed by atoms with E-state index in [1.807, 2.05) is 6.92 Å².